The van der Waals surface area contributed by atoms with Crippen molar-refractivity contribution in [1.82, 2.24) is 9.62 Å². The summed E-state index contributed by atoms with van der Waals surface area (Å²) in [6.07, 6.45) is 1.82. The van der Waals surface area contributed by atoms with Gasteiger partial charge in [0.15, 0.2) is 0 Å². The molecule has 0 saturated carbocycles. The molecule has 0 aliphatic carbocycles. The van der Waals surface area contributed by atoms with E-state index in [0.29, 0.717) is 13.1 Å². The van der Waals surface area contributed by atoms with Crippen LogP contribution in [0.15, 0.2) is 23.1 Å². The molecule has 2 heterocycles. The average molecular weight is 309 g/mol. The van der Waals surface area contributed by atoms with E-state index >= 15 is 0 Å². The van der Waals surface area contributed by atoms with E-state index in [4.69, 9.17) is 5.26 Å². The zero-order valence-corrected chi connectivity index (χ0v) is 12.3. The molecule has 5 nitrogen and oxygen atoms in total. The van der Waals surface area contributed by atoms with Crippen molar-refractivity contribution < 1.29 is 12.8 Å². The SMILES string of the molecule is N#Cc1cc(S(=O)(=O)N2CCC3(CCNC3)C2)ccc1F. The Kier molecular flexibility index (Phi) is 3.48. The Morgan fingerprint density at radius 2 is 2.19 bits per heavy atom. The molecule has 1 aromatic rings. The lowest BCUT2D eigenvalue weighted by molar-refractivity contribution is 0.338. The van der Waals surface area contributed by atoms with Crippen LogP contribution < -0.4 is 5.32 Å². The lowest BCUT2D eigenvalue weighted by Crippen LogP contribution is -2.33. The zero-order valence-electron chi connectivity index (χ0n) is 11.5. The normalized spacial score (nSPS) is 26.3. The summed E-state index contributed by atoms with van der Waals surface area (Å²) in [5.74, 6) is -0.700. The van der Waals surface area contributed by atoms with Gasteiger partial charge < -0.3 is 5.32 Å². The molecule has 7 heteroatoms. The number of sulfonamides is 1. The molecule has 1 aromatic carbocycles. The summed E-state index contributed by atoms with van der Waals surface area (Å²) >= 11 is 0. The van der Waals surface area contributed by atoms with Gasteiger partial charge in [0.2, 0.25) is 10.0 Å². The minimum Gasteiger partial charge on any atom is -0.316 e. The van der Waals surface area contributed by atoms with Crippen LogP contribution in [0.1, 0.15) is 18.4 Å². The van der Waals surface area contributed by atoms with Crippen LogP contribution in [0.4, 0.5) is 4.39 Å². The molecule has 0 aromatic heterocycles. The molecule has 112 valence electrons. The highest BCUT2D eigenvalue weighted by Gasteiger charge is 2.44. The number of halogens is 1. The van der Waals surface area contributed by atoms with Crippen molar-refractivity contribution in [2.45, 2.75) is 17.7 Å². The summed E-state index contributed by atoms with van der Waals surface area (Å²) in [6, 6.07) is 5.05. The van der Waals surface area contributed by atoms with Gasteiger partial charge in [0.25, 0.3) is 0 Å². The largest absolute Gasteiger partial charge is 0.316 e. The lowest BCUT2D eigenvalue weighted by Gasteiger charge is -2.22. The molecule has 1 spiro atoms. The lowest BCUT2D eigenvalue weighted by atomic mass is 9.87. The predicted octanol–water partition coefficient (Wildman–Crippen LogP) is 1.07. The molecule has 2 fully saturated rings. The first-order valence-electron chi connectivity index (χ1n) is 6.87. The van der Waals surface area contributed by atoms with Gasteiger partial charge in [-0.1, -0.05) is 0 Å². The van der Waals surface area contributed by atoms with Gasteiger partial charge >= 0.3 is 0 Å². The number of rotatable bonds is 2. The Bertz CT molecular complexity index is 705. The molecule has 2 saturated heterocycles. The number of hydrogen-bond donors (Lipinski definition) is 1. The van der Waals surface area contributed by atoms with Gasteiger partial charge in [-0.05, 0) is 43.0 Å². The molecule has 2 aliphatic rings. The zero-order chi connectivity index (χ0) is 15.1. The second kappa shape index (κ2) is 5.05. The molecule has 21 heavy (non-hydrogen) atoms. The first-order valence-corrected chi connectivity index (χ1v) is 8.31. The van der Waals surface area contributed by atoms with Crippen LogP contribution >= 0.6 is 0 Å². The highest BCUT2D eigenvalue weighted by Crippen LogP contribution is 2.38. The van der Waals surface area contributed by atoms with Gasteiger partial charge in [-0.3, -0.25) is 0 Å². The fraction of sp³-hybridized carbons (Fsp3) is 0.500. The van der Waals surface area contributed by atoms with E-state index in [0.717, 1.165) is 38.1 Å². The van der Waals surface area contributed by atoms with Crippen molar-refractivity contribution >= 4 is 10.0 Å². The van der Waals surface area contributed by atoms with E-state index in [2.05, 4.69) is 5.32 Å². The summed E-state index contributed by atoms with van der Waals surface area (Å²) in [6.45, 7) is 2.72. The molecule has 1 N–H and O–H groups in total. The van der Waals surface area contributed by atoms with Crippen LogP contribution in [0.5, 0.6) is 0 Å². The molecule has 0 bridgehead atoms. The van der Waals surface area contributed by atoms with Crippen LogP contribution in [0.25, 0.3) is 0 Å². The summed E-state index contributed by atoms with van der Waals surface area (Å²) < 4.78 is 40.0. The van der Waals surface area contributed by atoms with Gasteiger partial charge in [0, 0.05) is 19.6 Å². The van der Waals surface area contributed by atoms with E-state index < -0.39 is 15.8 Å². The number of hydrogen-bond acceptors (Lipinski definition) is 4. The van der Waals surface area contributed by atoms with Gasteiger partial charge in [-0.15, -0.1) is 0 Å². The number of nitrogens with one attached hydrogen (secondary N) is 1. The summed E-state index contributed by atoms with van der Waals surface area (Å²) in [5.41, 5.74) is -0.210. The molecule has 3 rings (SSSR count). The third-order valence-corrected chi connectivity index (χ3v) is 6.27. The number of nitrogens with zero attached hydrogens (tertiary/aromatic N) is 2. The fourth-order valence-electron chi connectivity index (χ4n) is 3.14. The molecule has 1 unspecified atom stereocenters. The quantitative estimate of drug-likeness (QED) is 0.887. The van der Waals surface area contributed by atoms with Gasteiger partial charge in [0.1, 0.15) is 11.9 Å². The Labute approximate surface area is 123 Å². The second-order valence-electron chi connectivity index (χ2n) is 5.77. The fourth-order valence-corrected chi connectivity index (χ4v) is 4.72. The summed E-state index contributed by atoms with van der Waals surface area (Å²) in [7, 11) is -3.66. The minimum atomic E-state index is -3.66. The Hall–Kier alpha value is -1.49. The minimum absolute atomic E-state index is 0.0107. The van der Waals surface area contributed by atoms with Crippen LogP contribution in [0, 0.1) is 22.6 Å². The Morgan fingerprint density at radius 1 is 1.38 bits per heavy atom. The van der Waals surface area contributed by atoms with Crippen molar-refractivity contribution in [1.29, 1.82) is 5.26 Å². The van der Waals surface area contributed by atoms with Crippen molar-refractivity contribution in [3.63, 3.8) is 0 Å². The van der Waals surface area contributed by atoms with Crippen LogP contribution in [0.2, 0.25) is 0 Å². The Morgan fingerprint density at radius 3 is 2.86 bits per heavy atom. The third-order valence-electron chi connectivity index (χ3n) is 4.43. The molecule has 0 amide bonds. The highest BCUT2D eigenvalue weighted by atomic mass is 32.2. The van der Waals surface area contributed by atoms with Gasteiger partial charge in [0.05, 0.1) is 10.5 Å². The highest BCUT2D eigenvalue weighted by molar-refractivity contribution is 7.89. The van der Waals surface area contributed by atoms with E-state index in [-0.39, 0.29) is 15.9 Å². The molecule has 0 radical (unpaired) electrons. The Balaban J connectivity index is 1.90. The standard InChI is InChI=1S/C14H16FN3O2S/c15-13-2-1-12(7-11(13)8-16)21(19,20)18-6-4-14(10-18)3-5-17-9-14/h1-2,7,17H,3-6,9-10H2. The topological polar surface area (TPSA) is 73.2 Å². The van der Waals surface area contributed by atoms with Gasteiger partial charge in [-0.2, -0.15) is 9.57 Å². The molecular formula is C14H16FN3O2S. The first kappa shape index (κ1) is 14.4. The first-order chi connectivity index (χ1) is 9.97. The van der Waals surface area contributed by atoms with Crippen molar-refractivity contribution in [2.24, 2.45) is 5.41 Å². The van der Waals surface area contributed by atoms with Crippen LogP contribution in [-0.4, -0.2) is 38.9 Å². The maximum Gasteiger partial charge on any atom is 0.243 e. The van der Waals surface area contributed by atoms with Gasteiger partial charge in [-0.25, -0.2) is 12.8 Å². The van der Waals surface area contributed by atoms with E-state index in [1.807, 2.05) is 0 Å². The van der Waals surface area contributed by atoms with E-state index in [1.165, 1.54) is 10.4 Å². The predicted molar refractivity (Wildman–Crippen MR) is 74.4 cm³/mol. The van der Waals surface area contributed by atoms with E-state index in [1.54, 1.807) is 6.07 Å². The maximum absolute atomic E-state index is 13.3. The number of benzene rings is 1. The second-order valence-corrected chi connectivity index (χ2v) is 7.71. The van der Waals surface area contributed by atoms with Crippen LogP contribution in [0.3, 0.4) is 0 Å². The van der Waals surface area contributed by atoms with Crippen LogP contribution in [-0.2, 0) is 10.0 Å². The molecule has 2 aliphatic heterocycles. The summed E-state index contributed by atoms with van der Waals surface area (Å²) in [4.78, 5) is -0.0107. The monoisotopic (exact) mass is 309 g/mol. The summed E-state index contributed by atoms with van der Waals surface area (Å²) in [5, 5.41) is 12.1. The number of nitriles is 1. The molecule has 1 atom stereocenters. The smallest absolute Gasteiger partial charge is 0.243 e. The molecular weight excluding hydrogens is 293 g/mol. The van der Waals surface area contributed by atoms with Crippen molar-refractivity contribution in [3.05, 3.63) is 29.6 Å². The van der Waals surface area contributed by atoms with Crippen molar-refractivity contribution in [2.75, 3.05) is 26.2 Å². The van der Waals surface area contributed by atoms with Crippen molar-refractivity contribution in [3.8, 4) is 6.07 Å². The average Bonchev–Trinajstić information content (AvgIpc) is 3.10. The van der Waals surface area contributed by atoms with E-state index in [9.17, 15) is 12.8 Å². The maximum atomic E-state index is 13.3. The third kappa shape index (κ3) is 2.44.